The topological polar surface area (TPSA) is 144 Å². The zero-order chi connectivity index (χ0) is 34.4. The summed E-state index contributed by atoms with van der Waals surface area (Å²) in [5.41, 5.74) is -1.14. The molecule has 47 heavy (non-hydrogen) atoms. The number of rotatable bonds is 6. The second kappa shape index (κ2) is 12.4. The van der Waals surface area contributed by atoms with Crippen molar-refractivity contribution in [2.24, 2.45) is 14.1 Å². The van der Waals surface area contributed by atoms with Crippen LogP contribution in [-0.2, 0) is 36.5 Å². The molecule has 0 aliphatic rings. The zero-order valence-corrected chi connectivity index (χ0v) is 28.4. The number of pyridine rings is 1. The number of halogens is 1. The van der Waals surface area contributed by atoms with E-state index in [1.807, 2.05) is 12.1 Å². The summed E-state index contributed by atoms with van der Waals surface area (Å²) in [6, 6.07) is 11.4. The van der Waals surface area contributed by atoms with Gasteiger partial charge in [0, 0.05) is 42.8 Å². The van der Waals surface area contributed by atoms with E-state index in [1.165, 1.54) is 16.2 Å². The molecular formula is C33H38ClN7O6. The van der Waals surface area contributed by atoms with Crippen molar-refractivity contribution in [1.29, 1.82) is 0 Å². The number of fused-ring (bicyclic) bond motifs is 2. The van der Waals surface area contributed by atoms with E-state index in [1.54, 1.807) is 89.7 Å². The summed E-state index contributed by atoms with van der Waals surface area (Å²) in [5, 5.41) is 3.82. The Hall–Kier alpha value is -4.91. The van der Waals surface area contributed by atoms with Gasteiger partial charge in [-0.3, -0.25) is 18.9 Å². The summed E-state index contributed by atoms with van der Waals surface area (Å²) in [5.74, 6) is 0.316. The maximum Gasteiger partial charge on any atom is 0.419 e. The minimum absolute atomic E-state index is 0.122. The van der Waals surface area contributed by atoms with E-state index in [0.717, 1.165) is 4.57 Å². The molecule has 1 N–H and O–H groups in total. The van der Waals surface area contributed by atoms with Gasteiger partial charge in [-0.1, -0.05) is 23.7 Å². The van der Waals surface area contributed by atoms with Gasteiger partial charge in [-0.15, -0.1) is 0 Å². The Balaban J connectivity index is 1.64. The number of imidazole rings is 1. The Kier molecular flexibility index (Phi) is 8.80. The number of carbonyl (C=O) groups excluding carboxylic acids is 2. The van der Waals surface area contributed by atoms with E-state index in [0.29, 0.717) is 33.1 Å². The maximum atomic E-state index is 14.1. The van der Waals surface area contributed by atoms with Gasteiger partial charge in [-0.05, 0) is 71.9 Å². The minimum Gasteiger partial charge on any atom is -0.444 e. The van der Waals surface area contributed by atoms with Gasteiger partial charge in [0.2, 0.25) is 0 Å². The number of ether oxygens (including phenoxy) is 2. The highest BCUT2D eigenvalue weighted by molar-refractivity contribution is 6.35. The fraction of sp³-hybridized carbons (Fsp3) is 0.394. The van der Waals surface area contributed by atoms with Crippen molar-refractivity contribution in [3.63, 3.8) is 0 Å². The van der Waals surface area contributed by atoms with Crippen LogP contribution in [0.3, 0.4) is 0 Å². The average molecular weight is 664 g/mol. The lowest BCUT2D eigenvalue weighted by molar-refractivity contribution is 0.0497. The van der Waals surface area contributed by atoms with Gasteiger partial charge in [0.1, 0.15) is 17.0 Å². The first-order valence-corrected chi connectivity index (χ1v) is 15.4. The number of alkyl carbamates (subject to hydrolysis) is 1. The molecule has 1 unspecified atom stereocenters. The first-order valence-electron chi connectivity index (χ1n) is 15.0. The standard InChI is InChI=1S/C33H38ClN7O6/c1-32(2,3)46-29(43)36-23(16-19-12-9-10-15-35-19)26-37-27-25(38(26)7)28(42)40(30(44)39(27)8)18-20-17-21-22(34)13-11-14-24(21)41(20)31(45)47-33(4,5)6/h9-15,17,23H,16,18H2,1-8H3,(H,36,43). The summed E-state index contributed by atoms with van der Waals surface area (Å²) < 4.78 is 16.4. The molecule has 5 aromatic rings. The van der Waals surface area contributed by atoms with Crippen LogP contribution < -0.4 is 16.6 Å². The quantitative estimate of drug-likeness (QED) is 0.265. The van der Waals surface area contributed by atoms with Crippen LogP contribution in [0.5, 0.6) is 0 Å². The van der Waals surface area contributed by atoms with Gasteiger partial charge in [0.25, 0.3) is 5.56 Å². The van der Waals surface area contributed by atoms with Gasteiger partial charge >= 0.3 is 17.9 Å². The predicted molar refractivity (Wildman–Crippen MR) is 178 cm³/mol. The Morgan fingerprint density at radius 2 is 1.66 bits per heavy atom. The number of amides is 1. The van der Waals surface area contributed by atoms with E-state index in [9.17, 15) is 19.2 Å². The second-order valence-electron chi connectivity index (χ2n) is 13.3. The van der Waals surface area contributed by atoms with Crippen LogP contribution >= 0.6 is 11.6 Å². The number of aromatic nitrogens is 6. The van der Waals surface area contributed by atoms with Gasteiger partial charge in [0.15, 0.2) is 11.2 Å². The smallest absolute Gasteiger partial charge is 0.419 e. The minimum atomic E-state index is -0.806. The van der Waals surface area contributed by atoms with E-state index < -0.39 is 40.7 Å². The first-order chi connectivity index (χ1) is 21.9. The van der Waals surface area contributed by atoms with Crippen molar-refractivity contribution in [3.05, 3.63) is 91.7 Å². The molecule has 0 bridgehead atoms. The molecule has 5 rings (SSSR count). The van der Waals surface area contributed by atoms with Crippen molar-refractivity contribution in [2.75, 3.05) is 0 Å². The molecule has 0 spiro atoms. The molecule has 1 atom stereocenters. The normalized spacial score (nSPS) is 12.8. The molecule has 0 fully saturated rings. The van der Waals surface area contributed by atoms with E-state index in [-0.39, 0.29) is 24.1 Å². The molecule has 14 heteroatoms. The molecule has 1 amide bonds. The molecular weight excluding hydrogens is 626 g/mol. The summed E-state index contributed by atoms with van der Waals surface area (Å²) in [7, 11) is 3.15. The van der Waals surface area contributed by atoms with Crippen molar-refractivity contribution < 1.29 is 19.1 Å². The molecule has 4 aromatic heterocycles. The van der Waals surface area contributed by atoms with E-state index in [4.69, 9.17) is 21.1 Å². The molecule has 4 heterocycles. The Morgan fingerprint density at radius 1 is 0.957 bits per heavy atom. The molecule has 0 saturated carbocycles. The number of hydrogen-bond acceptors (Lipinski definition) is 8. The number of carbonyl (C=O) groups is 2. The lowest BCUT2D eigenvalue weighted by Gasteiger charge is -2.23. The van der Waals surface area contributed by atoms with Crippen LogP contribution in [0.25, 0.3) is 22.1 Å². The van der Waals surface area contributed by atoms with Crippen LogP contribution in [0, 0.1) is 0 Å². The number of nitrogens with zero attached hydrogens (tertiary/aromatic N) is 6. The van der Waals surface area contributed by atoms with E-state index in [2.05, 4.69) is 15.3 Å². The summed E-state index contributed by atoms with van der Waals surface area (Å²) in [4.78, 5) is 63.3. The number of hydrogen-bond donors (Lipinski definition) is 1. The average Bonchev–Trinajstić information content (AvgIpc) is 3.51. The highest BCUT2D eigenvalue weighted by Gasteiger charge is 2.29. The number of nitrogens with one attached hydrogen (secondary N) is 1. The van der Waals surface area contributed by atoms with Gasteiger partial charge in [-0.2, -0.15) is 0 Å². The van der Waals surface area contributed by atoms with Crippen molar-refractivity contribution in [2.45, 2.75) is 71.8 Å². The third kappa shape index (κ3) is 6.94. The lowest BCUT2D eigenvalue weighted by Crippen LogP contribution is -2.40. The lowest BCUT2D eigenvalue weighted by atomic mass is 10.1. The largest absolute Gasteiger partial charge is 0.444 e. The highest BCUT2D eigenvalue weighted by atomic mass is 35.5. The van der Waals surface area contributed by atoms with E-state index >= 15 is 0 Å². The summed E-state index contributed by atoms with van der Waals surface area (Å²) >= 11 is 6.48. The third-order valence-corrected chi connectivity index (χ3v) is 7.63. The highest BCUT2D eigenvalue weighted by Crippen LogP contribution is 2.28. The molecule has 248 valence electrons. The molecule has 0 radical (unpaired) electrons. The number of aryl methyl sites for hydroxylation is 2. The zero-order valence-electron chi connectivity index (χ0n) is 27.6. The van der Waals surface area contributed by atoms with Crippen LogP contribution in [0.4, 0.5) is 9.59 Å². The van der Waals surface area contributed by atoms with Gasteiger partial charge < -0.3 is 19.4 Å². The van der Waals surface area contributed by atoms with Crippen LogP contribution in [0.2, 0.25) is 5.02 Å². The molecule has 13 nitrogen and oxygen atoms in total. The van der Waals surface area contributed by atoms with Gasteiger partial charge in [-0.25, -0.2) is 23.9 Å². The third-order valence-electron chi connectivity index (χ3n) is 7.30. The maximum absolute atomic E-state index is 14.1. The fourth-order valence-corrected chi connectivity index (χ4v) is 5.57. The second-order valence-corrected chi connectivity index (χ2v) is 13.7. The molecule has 0 saturated heterocycles. The summed E-state index contributed by atoms with van der Waals surface area (Å²) in [6.45, 7) is 10.2. The molecule has 0 aliphatic heterocycles. The fourth-order valence-electron chi connectivity index (χ4n) is 5.35. The first kappa shape index (κ1) is 33.5. The molecule has 0 aliphatic carbocycles. The van der Waals surface area contributed by atoms with Crippen LogP contribution in [0.1, 0.15) is 64.8 Å². The number of benzene rings is 1. The van der Waals surface area contributed by atoms with Crippen molar-refractivity contribution >= 4 is 45.9 Å². The van der Waals surface area contributed by atoms with Gasteiger partial charge in [0.05, 0.1) is 23.8 Å². The Labute approximate surface area is 275 Å². The molecule has 1 aromatic carbocycles. The Morgan fingerprint density at radius 3 is 2.30 bits per heavy atom. The monoisotopic (exact) mass is 663 g/mol. The summed E-state index contributed by atoms with van der Waals surface area (Å²) in [6.07, 6.45) is 0.520. The van der Waals surface area contributed by atoms with Crippen molar-refractivity contribution in [3.8, 4) is 0 Å². The predicted octanol–water partition coefficient (Wildman–Crippen LogP) is 5.08. The Bertz CT molecular complexity index is 2110. The van der Waals surface area contributed by atoms with Crippen LogP contribution in [0.15, 0.2) is 58.3 Å². The van der Waals surface area contributed by atoms with Crippen molar-refractivity contribution in [1.82, 2.24) is 33.6 Å². The SMILES string of the molecule is Cn1c(C(Cc2ccccn2)NC(=O)OC(C)(C)C)nc2c1c(=O)n(Cc1cc3c(Cl)cccc3n1C(=O)OC(C)(C)C)c(=O)n2C. The van der Waals surface area contributed by atoms with Crippen LogP contribution in [-0.4, -0.2) is 51.6 Å².